The van der Waals surface area contributed by atoms with Crippen molar-refractivity contribution >= 4 is 26.7 Å². The third-order valence-corrected chi connectivity index (χ3v) is 3.64. The predicted molar refractivity (Wildman–Crippen MR) is 54.4 cm³/mol. The summed E-state index contributed by atoms with van der Waals surface area (Å²) in [6, 6.07) is 0. The molecule has 2 rings (SSSR count). The van der Waals surface area contributed by atoms with E-state index >= 15 is 0 Å². The van der Waals surface area contributed by atoms with Crippen LogP contribution in [0.5, 0.6) is 0 Å². The maximum atomic E-state index is 11.2. The highest BCUT2D eigenvalue weighted by molar-refractivity contribution is 8.04. The average molecular weight is 229 g/mol. The molecule has 7 heteroatoms. The average Bonchev–Trinajstić information content (AvgIpc) is 2.15. The van der Waals surface area contributed by atoms with Crippen LogP contribution in [0.25, 0.3) is 4.91 Å². The van der Waals surface area contributed by atoms with Gasteiger partial charge in [0.05, 0.1) is 5.69 Å². The van der Waals surface area contributed by atoms with Gasteiger partial charge in [-0.3, -0.25) is 9.97 Å². The molecular formula is C7H7N3O2S2. The third kappa shape index (κ3) is 1.66. The van der Waals surface area contributed by atoms with Crippen LogP contribution in [0.4, 0.5) is 0 Å². The van der Waals surface area contributed by atoms with Crippen molar-refractivity contribution in [1.29, 1.82) is 0 Å². The first-order valence-electron chi connectivity index (χ1n) is 3.74. The van der Waals surface area contributed by atoms with Gasteiger partial charge in [-0.1, -0.05) is 0 Å². The quantitative estimate of drug-likeness (QED) is 0.749. The van der Waals surface area contributed by atoms with Crippen molar-refractivity contribution in [2.24, 2.45) is 5.14 Å². The highest BCUT2D eigenvalue weighted by atomic mass is 32.2. The summed E-state index contributed by atoms with van der Waals surface area (Å²) in [5, 5.41) is 6.55. The van der Waals surface area contributed by atoms with Crippen LogP contribution in [0.1, 0.15) is 11.4 Å². The maximum Gasteiger partial charge on any atom is 0.240 e. The molecule has 1 aliphatic rings. The van der Waals surface area contributed by atoms with Crippen molar-refractivity contribution in [3.63, 3.8) is 0 Å². The maximum absolute atomic E-state index is 11.2. The topological polar surface area (TPSA) is 85.9 Å². The Morgan fingerprint density at radius 1 is 1.36 bits per heavy atom. The van der Waals surface area contributed by atoms with E-state index in [-0.39, 0.29) is 4.91 Å². The second kappa shape index (κ2) is 3.34. The largest absolute Gasteiger partial charge is 0.256 e. The van der Waals surface area contributed by atoms with E-state index in [2.05, 4.69) is 9.97 Å². The van der Waals surface area contributed by atoms with Gasteiger partial charge in [0.25, 0.3) is 0 Å². The molecule has 0 spiro atoms. The molecule has 1 aromatic rings. The molecule has 0 amide bonds. The van der Waals surface area contributed by atoms with Gasteiger partial charge in [0.2, 0.25) is 10.0 Å². The van der Waals surface area contributed by atoms with Crippen LogP contribution in [-0.4, -0.2) is 18.4 Å². The molecule has 0 atom stereocenters. The van der Waals surface area contributed by atoms with Gasteiger partial charge in [-0.2, -0.15) is 0 Å². The first-order chi connectivity index (χ1) is 6.59. The summed E-state index contributed by atoms with van der Waals surface area (Å²) in [6.07, 6.45) is 2.99. The number of nitrogens with zero attached hydrogens (tertiary/aromatic N) is 2. The van der Waals surface area contributed by atoms with Crippen molar-refractivity contribution in [2.75, 3.05) is 0 Å². The fourth-order valence-corrected chi connectivity index (χ4v) is 3.03. The Hall–Kier alpha value is -0.920. The molecule has 0 radical (unpaired) electrons. The Morgan fingerprint density at radius 2 is 2.07 bits per heavy atom. The highest BCUT2D eigenvalue weighted by Crippen LogP contribution is 2.30. The summed E-state index contributed by atoms with van der Waals surface area (Å²) < 4.78 is 22.4. The van der Waals surface area contributed by atoms with Gasteiger partial charge < -0.3 is 0 Å². The molecule has 0 fully saturated rings. The van der Waals surface area contributed by atoms with E-state index in [1.807, 2.05) is 0 Å². The van der Waals surface area contributed by atoms with Crippen LogP contribution in [0.3, 0.4) is 0 Å². The van der Waals surface area contributed by atoms with E-state index < -0.39 is 10.0 Å². The molecule has 5 nitrogen and oxygen atoms in total. The van der Waals surface area contributed by atoms with E-state index in [1.165, 1.54) is 29.6 Å². The predicted octanol–water partition coefficient (Wildman–Crippen LogP) is 0.310. The molecule has 74 valence electrons. The molecule has 0 aliphatic carbocycles. The lowest BCUT2D eigenvalue weighted by atomic mass is 10.3. The molecule has 2 heterocycles. The van der Waals surface area contributed by atoms with Crippen LogP contribution in [0.2, 0.25) is 0 Å². The SMILES string of the molecule is NS(=O)(=O)C1=CSCc2nccnc21. The Bertz CT molecular complexity index is 495. The van der Waals surface area contributed by atoms with Crippen molar-refractivity contribution in [2.45, 2.75) is 5.75 Å². The van der Waals surface area contributed by atoms with Crippen LogP contribution < -0.4 is 5.14 Å². The van der Waals surface area contributed by atoms with Gasteiger partial charge in [0.15, 0.2) is 0 Å². The Balaban J connectivity index is 2.62. The number of primary sulfonamides is 1. The smallest absolute Gasteiger partial charge is 0.240 e. The summed E-state index contributed by atoms with van der Waals surface area (Å²) in [5.74, 6) is 0.627. The van der Waals surface area contributed by atoms with Crippen LogP contribution in [0.15, 0.2) is 17.8 Å². The van der Waals surface area contributed by atoms with Crippen LogP contribution >= 0.6 is 11.8 Å². The third-order valence-electron chi connectivity index (χ3n) is 1.72. The number of hydrogen-bond acceptors (Lipinski definition) is 5. The lowest BCUT2D eigenvalue weighted by molar-refractivity contribution is 0.607. The normalized spacial score (nSPS) is 15.9. The monoisotopic (exact) mass is 229 g/mol. The molecule has 1 aromatic heterocycles. The summed E-state index contributed by atoms with van der Waals surface area (Å²) >= 11 is 1.35. The van der Waals surface area contributed by atoms with Gasteiger partial charge in [-0.15, -0.1) is 11.8 Å². The fraction of sp³-hybridized carbons (Fsp3) is 0.143. The first-order valence-corrected chi connectivity index (χ1v) is 6.33. The number of nitrogens with two attached hydrogens (primary N) is 1. The van der Waals surface area contributed by atoms with Crippen molar-refractivity contribution in [3.05, 3.63) is 29.2 Å². The van der Waals surface area contributed by atoms with Crippen molar-refractivity contribution in [3.8, 4) is 0 Å². The van der Waals surface area contributed by atoms with E-state index in [9.17, 15) is 8.42 Å². The molecule has 0 bridgehead atoms. The number of hydrogen-bond donors (Lipinski definition) is 1. The van der Waals surface area contributed by atoms with Gasteiger partial charge in [0, 0.05) is 18.1 Å². The Labute approximate surface area is 85.5 Å². The number of sulfonamides is 1. The lowest BCUT2D eigenvalue weighted by Crippen LogP contribution is -2.17. The minimum Gasteiger partial charge on any atom is -0.256 e. The molecule has 14 heavy (non-hydrogen) atoms. The summed E-state index contributed by atoms with van der Waals surface area (Å²) in [6.45, 7) is 0. The van der Waals surface area contributed by atoms with Crippen molar-refractivity contribution < 1.29 is 8.42 Å². The van der Waals surface area contributed by atoms with Crippen LogP contribution in [0, 0.1) is 0 Å². The van der Waals surface area contributed by atoms with Gasteiger partial charge in [-0.05, 0) is 5.41 Å². The molecular weight excluding hydrogens is 222 g/mol. The number of aromatic nitrogens is 2. The molecule has 1 aliphatic heterocycles. The van der Waals surface area contributed by atoms with Gasteiger partial charge in [0.1, 0.15) is 10.6 Å². The van der Waals surface area contributed by atoms with E-state index in [1.54, 1.807) is 0 Å². The minimum atomic E-state index is -3.70. The van der Waals surface area contributed by atoms with Gasteiger partial charge in [-0.25, -0.2) is 13.6 Å². The van der Waals surface area contributed by atoms with Crippen molar-refractivity contribution in [1.82, 2.24) is 9.97 Å². The first kappa shape index (κ1) is 9.63. The zero-order chi connectivity index (χ0) is 10.2. The number of thioether (sulfide) groups is 1. The summed E-state index contributed by atoms with van der Waals surface area (Å²) in [7, 11) is -3.70. The zero-order valence-corrected chi connectivity index (χ0v) is 8.68. The zero-order valence-electron chi connectivity index (χ0n) is 7.04. The molecule has 0 saturated heterocycles. The highest BCUT2D eigenvalue weighted by Gasteiger charge is 2.23. The van der Waals surface area contributed by atoms with Crippen LogP contribution in [-0.2, 0) is 15.8 Å². The Kier molecular flexibility index (Phi) is 2.30. The number of fused-ring (bicyclic) bond motifs is 1. The molecule has 2 N–H and O–H groups in total. The second-order valence-corrected chi connectivity index (χ2v) is 5.08. The summed E-state index contributed by atoms with van der Waals surface area (Å²) in [4.78, 5) is 8.06. The fourth-order valence-electron chi connectivity index (χ4n) is 1.13. The molecule has 0 saturated carbocycles. The standard InChI is InChI=1S/C7H7N3O2S2/c8-14(11,12)6-4-13-3-5-7(6)10-2-1-9-5/h1-2,4H,3H2,(H2,8,11,12). The molecule has 0 aromatic carbocycles. The summed E-state index contributed by atoms with van der Waals surface area (Å²) in [5.41, 5.74) is 1.03. The van der Waals surface area contributed by atoms with Gasteiger partial charge >= 0.3 is 0 Å². The van der Waals surface area contributed by atoms with E-state index in [0.29, 0.717) is 17.1 Å². The lowest BCUT2D eigenvalue weighted by Gasteiger charge is -2.12. The molecule has 0 unspecified atom stereocenters. The minimum absolute atomic E-state index is 0.0526. The number of rotatable bonds is 1. The second-order valence-electron chi connectivity index (χ2n) is 2.69. The van der Waals surface area contributed by atoms with E-state index in [0.717, 1.165) is 0 Å². The Morgan fingerprint density at radius 3 is 2.79 bits per heavy atom. The van der Waals surface area contributed by atoms with E-state index in [4.69, 9.17) is 5.14 Å².